The van der Waals surface area contributed by atoms with E-state index in [0.29, 0.717) is 31.3 Å². The Morgan fingerprint density at radius 1 is 1.21 bits per heavy atom. The molecule has 1 unspecified atom stereocenters. The van der Waals surface area contributed by atoms with Gasteiger partial charge in [-0.1, -0.05) is 6.92 Å². The third-order valence-corrected chi connectivity index (χ3v) is 4.93. The second-order valence-corrected chi connectivity index (χ2v) is 7.18. The molecule has 1 atom stereocenters. The maximum absolute atomic E-state index is 12.3. The number of nitrogens with one attached hydrogen (secondary N) is 1. The highest BCUT2D eigenvalue weighted by molar-refractivity contribution is 7.13. The fourth-order valence-corrected chi connectivity index (χ4v) is 3.27. The van der Waals surface area contributed by atoms with Gasteiger partial charge in [-0.15, -0.1) is 11.3 Å². The zero-order chi connectivity index (χ0) is 19.9. The fourth-order valence-electron chi connectivity index (χ4n) is 2.69. The second kappa shape index (κ2) is 9.59. The van der Waals surface area contributed by atoms with Crippen molar-refractivity contribution in [2.75, 3.05) is 39.4 Å². The van der Waals surface area contributed by atoms with Crippen LogP contribution in [0.4, 0.5) is 5.69 Å². The number of carbonyl (C=O) groups is 1. The summed E-state index contributed by atoms with van der Waals surface area (Å²) in [5, 5.41) is 3.74. The molecule has 0 aliphatic heterocycles. The van der Waals surface area contributed by atoms with Gasteiger partial charge in [-0.2, -0.15) is 0 Å². The van der Waals surface area contributed by atoms with Gasteiger partial charge in [0.25, 0.3) is 0 Å². The smallest absolute Gasteiger partial charge is 0.229 e. The van der Waals surface area contributed by atoms with Crippen molar-refractivity contribution in [2.45, 2.75) is 6.92 Å². The first-order chi connectivity index (χ1) is 13.6. The quantitative estimate of drug-likeness (QED) is 0.552. The standard InChI is InChI=1S/C20H23N3O4S/c1-13(11-26-3)20(24)22-14-4-5-16-15(8-14)18(27-7-6-25-2)9-17(23-16)19-10-21-12-28-19/h4-5,8-10,12-13H,6-7,11H2,1-3H3,(H,22,24). The van der Waals surface area contributed by atoms with Gasteiger partial charge < -0.3 is 19.5 Å². The number of ether oxygens (including phenoxy) is 3. The van der Waals surface area contributed by atoms with Crippen LogP contribution in [0, 0.1) is 5.92 Å². The molecule has 0 bridgehead atoms. The maximum Gasteiger partial charge on any atom is 0.229 e. The molecule has 0 aliphatic carbocycles. The van der Waals surface area contributed by atoms with E-state index >= 15 is 0 Å². The number of hydrogen-bond acceptors (Lipinski definition) is 7. The third kappa shape index (κ3) is 4.83. The number of amides is 1. The Bertz CT molecular complexity index is 931. The molecule has 148 valence electrons. The lowest BCUT2D eigenvalue weighted by Crippen LogP contribution is -2.23. The van der Waals surface area contributed by atoms with Crippen molar-refractivity contribution in [1.29, 1.82) is 0 Å². The van der Waals surface area contributed by atoms with Crippen LogP contribution < -0.4 is 10.1 Å². The molecule has 1 aromatic carbocycles. The van der Waals surface area contributed by atoms with Crippen LogP contribution in [0.25, 0.3) is 21.5 Å². The molecule has 28 heavy (non-hydrogen) atoms. The minimum Gasteiger partial charge on any atom is -0.490 e. The van der Waals surface area contributed by atoms with Crippen molar-refractivity contribution in [3.05, 3.63) is 36.0 Å². The predicted molar refractivity (Wildman–Crippen MR) is 110 cm³/mol. The Morgan fingerprint density at radius 3 is 2.79 bits per heavy atom. The maximum atomic E-state index is 12.3. The van der Waals surface area contributed by atoms with Crippen LogP contribution >= 0.6 is 11.3 Å². The van der Waals surface area contributed by atoms with E-state index in [9.17, 15) is 4.79 Å². The van der Waals surface area contributed by atoms with Crippen molar-refractivity contribution >= 4 is 33.8 Å². The molecular weight excluding hydrogens is 378 g/mol. The summed E-state index contributed by atoms with van der Waals surface area (Å²) < 4.78 is 16.1. The number of nitrogens with zero attached hydrogens (tertiary/aromatic N) is 2. The van der Waals surface area contributed by atoms with Gasteiger partial charge in [-0.3, -0.25) is 9.78 Å². The molecule has 1 amide bonds. The number of thiazole rings is 1. The van der Waals surface area contributed by atoms with E-state index in [1.54, 1.807) is 25.9 Å². The number of anilines is 1. The number of aromatic nitrogens is 2. The Labute approximate surface area is 167 Å². The van der Waals surface area contributed by atoms with Gasteiger partial charge in [0, 0.05) is 37.6 Å². The summed E-state index contributed by atoms with van der Waals surface area (Å²) in [6.45, 7) is 3.08. The van der Waals surface area contributed by atoms with Crippen molar-refractivity contribution in [3.8, 4) is 16.3 Å². The van der Waals surface area contributed by atoms with Crippen LogP contribution in [0.1, 0.15) is 6.92 Å². The molecule has 3 rings (SSSR count). The molecular formula is C20H23N3O4S. The largest absolute Gasteiger partial charge is 0.490 e. The van der Waals surface area contributed by atoms with Gasteiger partial charge in [-0.05, 0) is 18.2 Å². The molecule has 8 heteroatoms. The third-order valence-electron chi connectivity index (χ3n) is 4.13. The number of pyridine rings is 1. The number of hydrogen-bond donors (Lipinski definition) is 1. The fraction of sp³-hybridized carbons (Fsp3) is 0.350. The number of benzene rings is 1. The van der Waals surface area contributed by atoms with Crippen LogP contribution in [0.5, 0.6) is 5.75 Å². The summed E-state index contributed by atoms with van der Waals surface area (Å²) in [5.74, 6) is 0.341. The highest BCUT2D eigenvalue weighted by Gasteiger charge is 2.15. The van der Waals surface area contributed by atoms with Gasteiger partial charge >= 0.3 is 0 Å². The Balaban J connectivity index is 1.94. The molecule has 0 aliphatic rings. The summed E-state index contributed by atoms with van der Waals surface area (Å²) >= 11 is 1.52. The molecule has 2 aromatic heterocycles. The van der Waals surface area contributed by atoms with Crippen LogP contribution in [-0.4, -0.2) is 49.9 Å². The van der Waals surface area contributed by atoms with Gasteiger partial charge in [0.1, 0.15) is 12.4 Å². The summed E-state index contributed by atoms with van der Waals surface area (Å²) in [4.78, 5) is 22.1. The molecule has 0 saturated carbocycles. The lowest BCUT2D eigenvalue weighted by atomic mass is 10.1. The summed E-state index contributed by atoms with van der Waals surface area (Å²) in [7, 11) is 3.21. The minimum absolute atomic E-state index is 0.0997. The first-order valence-electron chi connectivity index (χ1n) is 8.87. The van der Waals surface area contributed by atoms with Crippen molar-refractivity contribution in [2.24, 2.45) is 5.92 Å². The monoisotopic (exact) mass is 401 g/mol. The Kier molecular flexibility index (Phi) is 6.91. The molecule has 0 fully saturated rings. The van der Waals surface area contributed by atoms with Crippen LogP contribution in [0.3, 0.4) is 0 Å². The molecule has 0 radical (unpaired) electrons. The zero-order valence-corrected chi connectivity index (χ0v) is 16.9. The van der Waals surface area contributed by atoms with E-state index < -0.39 is 0 Å². The zero-order valence-electron chi connectivity index (χ0n) is 16.1. The average Bonchev–Trinajstić information content (AvgIpc) is 3.23. The van der Waals surface area contributed by atoms with Crippen molar-refractivity contribution in [1.82, 2.24) is 9.97 Å². The van der Waals surface area contributed by atoms with Crippen LogP contribution in [0.2, 0.25) is 0 Å². The summed E-state index contributed by atoms with van der Waals surface area (Å²) in [5.41, 5.74) is 4.03. The number of rotatable bonds is 9. The van der Waals surface area contributed by atoms with Crippen molar-refractivity contribution < 1.29 is 19.0 Å². The molecule has 0 spiro atoms. The van der Waals surface area contributed by atoms with Gasteiger partial charge in [0.2, 0.25) is 5.91 Å². The molecule has 2 heterocycles. The minimum atomic E-state index is -0.245. The van der Waals surface area contributed by atoms with E-state index in [1.807, 2.05) is 31.2 Å². The van der Waals surface area contributed by atoms with Crippen molar-refractivity contribution in [3.63, 3.8) is 0 Å². The normalized spacial score (nSPS) is 12.1. The lowest BCUT2D eigenvalue weighted by Gasteiger charge is -2.14. The first kappa shape index (κ1) is 20.2. The van der Waals surface area contributed by atoms with Crippen LogP contribution in [0.15, 0.2) is 36.0 Å². The predicted octanol–water partition coefficient (Wildman–Crippen LogP) is 3.60. The summed E-state index contributed by atoms with van der Waals surface area (Å²) in [6.07, 6.45) is 1.78. The highest BCUT2D eigenvalue weighted by Crippen LogP contribution is 2.33. The van der Waals surface area contributed by atoms with Gasteiger partial charge in [0.05, 0.1) is 40.7 Å². The molecule has 7 nitrogen and oxygen atoms in total. The van der Waals surface area contributed by atoms with E-state index in [2.05, 4.69) is 10.3 Å². The topological polar surface area (TPSA) is 82.6 Å². The molecule has 0 saturated heterocycles. The first-order valence-corrected chi connectivity index (χ1v) is 9.75. The average molecular weight is 401 g/mol. The van der Waals surface area contributed by atoms with Crippen LogP contribution in [-0.2, 0) is 14.3 Å². The highest BCUT2D eigenvalue weighted by atomic mass is 32.1. The molecule has 3 aromatic rings. The van der Waals surface area contributed by atoms with E-state index in [1.165, 1.54) is 11.3 Å². The summed E-state index contributed by atoms with van der Waals surface area (Å²) in [6, 6.07) is 7.48. The number of carbonyl (C=O) groups excluding carboxylic acids is 1. The van der Waals surface area contributed by atoms with E-state index in [4.69, 9.17) is 19.2 Å². The van der Waals surface area contributed by atoms with E-state index in [0.717, 1.165) is 21.5 Å². The number of fused-ring (bicyclic) bond motifs is 1. The van der Waals surface area contributed by atoms with Gasteiger partial charge in [-0.25, -0.2) is 4.98 Å². The number of methoxy groups -OCH3 is 2. The Hall–Kier alpha value is -2.55. The SMILES string of the molecule is COCCOc1cc(-c2cncs2)nc2ccc(NC(=O)C(C)COC)cc12. The second-order valence-electron chi connectivity index (χ2n) is 6.29. The Morgan fingerprint density at radius 2 is 2.07 bits per heavy atom. The molecule has 1 N–H and O–H groups in total. The van der Waals surface area contributed by atoms with Gasteiger partial charge in [0.15, 0.2) is 0 Å². The lowest BCUT2D eigenvalue weighted by molar-refractivity contribution is -0.120. The van der Waals surface area contributed by atoms with E-state index in [-0.39, 0.29) is 11.8 Å².